The molecule has 0 saturated carbocycles. The lowest BCUT2D eigenvalue weighted by Crippen LogP contribution is -2.16. The number of nitro benzene ring substituents is 1. The van der Waals surface area contributed by atoms with E-state index in [0.717, 1.165) is 16.9 Å². The van der Waals surface area contributed by atoms with E-state index in [1.807, 2.05) is 6.92 Å². The van der Waals surface area contributed by atoms with E-state index in [1.165, 1.54) is 24.3 Å². The summed E-state index contributed by atoms with van der Waals surface area (Å²) in [7, 11) is -3.84. The van der Waals surface area contributed by atoms with Crippen molar-refractivity contribution in [3.8, 4) is 0 Å². The summed E-state index contributed by atoms with van der Waals surface area (Å²) in [6, 6.07) is 12.4. The molecule has 0 aliphatic rings. The maximum absolute atomic E-state index is 12.4. The van der Waals surface area contributed by atoms with Gasteiger partial charge in [-0.1, -0.05) is 29.5 Å². The molecule has 7 nitrogen and oxygen atoms in total. The van der Waals surface area contributed by atoms with Crippen LogP contribution in [0.25, 0.3) is 10.2 Å². The highest BCUT2D eigenvalue weighted by atomic mass is 32.2. The molecule has 0 aliphatic carbocycles. The molecule has 0 unspecified atom stereocenters. The summed E-state index contributed by atoms with van der Waals surface area (Å²) in [5, 5.41) is 10.9. The summed E-state index contributed by atoms with van der Waals surface area (Å²) in [4.78, 5) is 10.8. The number of hydrogen-bond acceptors (Lipinski definition) is 5. The van der Waals surface area contributed by atoms with Gasteiger partial charge in [-0.15, -0.1) is 4.40 Å². The first-order chi connectivity index (χ1) is 11.4. The molecule has 0 bridgehead atoms. The lowest BCUT2D eigenvalue weighted by molar-refractivity contribution is -0.384. The van der Waals surface area contributed by atoms with Gasteiger partial charge in [-0.3, -0.25) is 10.1 Å². The molecule has 24 heavy (non-hydrogen) atoms. The van der Waals surface area contributed by atoms with Crippen LogP contribution in [0.5, 0.6) is 0 Å². The van der Waals surface area contributed by atoms with E-state index in [2.05, 4.69) is 4.40 Å². The molecule has 9 heteroatoms. The minimum absolute atomic E-state index is 0.0375. The van der Waals surface area contributed by atoms with Gasteiger partial charge in [0.25, 0.3) is 15.7 Å². The van der Waals surface area contributed by atoms with Crippen LogP contribution in [-0.4, -0.2) is 17.9 Å². The van der Waals surface area contributed by atoms with Crippen molar-refractivity contribution in [1.29, 1.82) is 0 Å². The van der Waals surface area contributed by atoms with Crippen LogP contribution in [0.2, 0.25) is 0 Å². The second-order valence-corrected chi connectivity index (χ2v) is 7.53. The Morgan fingerprint density at radius 2 is 1.92 bits per heavy atom. The van der Waals surface area contributed by atoms with E-state index in [-0.39, 0.29) is 15.4 Å². The number of rotatable bonds is 4. The number of thiazole rings is 1. The van der Waals surface area contributed by atoms with Crippen LogP contribution in [0.1, 0.15) is 6.92 Å². The van der Waals surface area contributed by atoms with Crippen molar-refractivity contribution in [3.05, 3.63) is 63.4 Å². The fraction of sp³-hybridized carbons (Fsp3) is 0.133. The van der Waals surface area contributed by atoms with Gasteiger partial charge in [0.2, 0.25) is 4.80 Å². The molecule has 1 aromatic heterocycles. The Morgan fingerprint density at radius 1 is 1.21 bits per heavy atom. The van der Waals surface area contributed by atoms with Crippen LogP contribution < -0.4 is 4.80 Å². The molecule has 2 aromatic carbocycles. The standard InChI is InChI=1S/C15H13N3O4S2/c1-2-17-13-9-8-11(18(19)20)10-14(13)23-15(17)16-24(21,22)12-6-4-3-5-7-12/h3-10H,2H2,1H3/b16-15-. The van der Waals surface area contributed by atoms with Gasteiger partial charge in [0.05, 0.1) is 20.0 Å². The largest absolute Gasteiger partial charge is 0.316 e. The van der Waals surface area contributed by atoms with Gasteiger partial charge in [0, 0.05) is 18.7 Å². The lowest BCUT2D eigenvalue weighted by Gasteiger charge is -2.01. The summed E-state index contributed by atoms with van der Waals surface area (Å²) in [5.41, 5.74) is 0.680. The summed E-state index contributed by atoms with van der Waals surface area (Å²) >= 11 is 1.11. The Morgan fingerprint density at radius 3 is 2.54 bits per heavy atom. The van der Waals surface area contributed by atoms with Gasteiger partial charge in [-0.2, -0.15) is 8.42 Å². The van der Waals surface area contributed by atoms with Crippen molar-refractivity contribution in [1.82, 2.24) is 4.57 Å². The Balaban J connectivity index is 2.24. The van der Waals surface area contributed by atoms with Crippen LogP contribution in [-0.2, 0) is 16.6 Å². The minimum Gasteiger partial charge on any atom is -0.316 e. The maximum Gasteiger partial charge on any atom is 0.285 e. The van der Waals surface area contributed by atoms with Gasteiger partial charge < -0.3 is 4.57 Å². The number of fused-ring (bicyclic) bond motifs is 1. The third-order valence-electron chi connectivity index (χ3n) is 3.43. The quantitative estimate of drug-likeness (QED) is 0.526. The van der Waals surface area contributed by atoms with Crippen LogP contribution in [0.15, 0.2) is 57.8 Å². The number of aryl methyl sites for hydroxylation is 1. The zero-order valence-corrected chi connectivity index (χ0v) is 14.3. The molecule has 124 valence electrons. The smallest absolute Gasteiger partial charge is 0.285 e. The minimum atomic E-state index is -3.84. The molecule has 0 aliphatic heterocycles. The molecular weight excluding hydrogens is 350 g/mol. The molecule has 0 amide bonds. The monoisotopic (exact) mass is 363 g/mol. The van der Waals surface area contributed by atoms with Gasteiger partial charge in [-0.25, -0.2) is 0 Å². The van der Waals surface area contributed by atoms with E-state index < -0.39 is 14.9 Å². The highest BCUT2D eigenvalue weighted by Gasteiger charge is 2.15. The number of hydrogen-bond donors (Lipinski definition) is 0. The van der Waals surface area contributed by atoms with Gasteiger partial charge in [0.15, 0.2) is 0 Å². The zero-order valence-electron chi connectivity index (χ0n) is 12.6. The lowest BCUT2D eigenvalue weighted by atomic mass is 10.3. The molecule has 1 heterocycles. The number of sulfonamides is 1. The predicted octanol–water partition coefficient (Wildman–Crippen LogP) is 2.92. The van der Waals surface area contributed by atoms with Crippen LogP contribution in [0.4, 0.5) is 5.69 Å². The highest BCUT2D eigenvalue weighted by Crippen LogP contribution is 2.23. The van der Waals surface area contributed by atoms with E-state index in [4.69, 9.17) is 0 Å². The first-order valence-corrected chi connectivity index (χ1v) is 9.32. The molecule has 0 spiro atoms. The molecule has 3 aromatic rings. The van der Waals surface area contributed by atoms with E-state index in [0.29, 0.717) is 11.2 Å². The SMILES string of the molecule is CCn1/c(=N/S(=O)(=O)c2ccccc2)sc2cc([N+](=O)[O-])ccc21. The molecule has 0 N–H and O–H groups in total. The van der Waals surface area contributed by atoms with Gasteiger partial charge in [-0.05, 0) is 25.1 Å². The maximum atomic E-state index is 12.4. The van der Waals surface area contributed by atoms with Crippen molar-refractivity contribution in [2.45, 2.75) is 18.4 Å². The first kappa shape index (κ1) is 16.3. The van der Waals surface area contributed by atoms with Crippen molar-refractivity contribution in [3.63, 3.8) is 0 Å². The highest BCUT2D eigenvalue weighted by molar-refractivity contribution is 7.90. The third kappa shape index (κ3) is 2.95. The summed E-state index contributed by atoms with van der Waals surface area (Å²) in [6.07, 6.45) is 0. The number of nitrogens with zero attached hydrogens (tertiary/aromatic N) is 3. The fourth-order valence-corrected chi connectivity index (χ4v) is 4.65. The predicted molar refractivity (Wildman–Crippen MR) is 91.3 cm³/mol. The average Bonchev–Trinajstić information content (AvgIpc) is 2.90. The number of non-ortho nitro benzene ring substituents is 1. The van der Waals surface area contributed by atoms with Crippen molar-refractivity contribution in [2.75, 3.05) is 0 Å². The Bertz CT molecular complexity index is 1080. The summed E-state index contributed by atoms with van der Waals surface area (Å²) in [5.74, 6) is 0. The molecular formula is C15H13N3O4S2. The van der Waals surface area contributed by atoms with Crippen LogP contribution in [0.3, 0.4) is 0 Å². The summed E-state index contributed by atoms with van der Waals surface area (Å²) in [6.45, 7) is 2.36. The van der Waals surface area contributed by atoms with Gasteiger partial charge >= 0.3 is 0 Å². The Hall–Kier alpha value is -2.52. The Kier molecular flexibility index (Phi) is 4.20. The van der Waals surface area contributed by atoms with Crippen LogP contribution >= 0.6 is 11.3 Å². The number of aromatic nitrogens is 1. The average molecular weight is 363 g/mol. The number of benzene rings is 2. The number of nitro groups is 1. The molecule has 0 saturated heterocycles. The van der Waals surface area contributed by atoms with Gasteiger partial charge in [0.1, 0.15) is 0 Å². The van der Waals surface area contributed by atoms with E-state index >= 15 is 0 Å². The summed E-state index contributed by atoms with van der Waals surface area (Å²) < 4.78 is 31.2. The van der Waals surface area contributed by atoms with Crippen molar-refractivity contribution in [2.24, 2.45) is 4.40 Å². The molecule has 0 radical (unpaired) electrons. The topological polar surface area (TPSA) is 94.6 Å². The van der Waals surface area contributed by atoms with Crippen molar-refractivity contribution >= 4 is 37.3 Å². The zero-order chi connectivity index (χ0) is 17.3. The molecule has 0 atom stereocenters. The van der Waals surface area contributed by atoms with Crippen LogP contribution in [0, 0.1) is 10.1 Å². The Labute approximate surface area is 141 Å². The normalized spacial score (nSPS) is 12.6. The van der Waals surface area contributed by atoms with Crippen molar-refractivity contribution < 1.29 is 13.3 Å². The van der Waals surface area contributed by atoms with E-state index in [9.17, 15) is 18.5 Å². The second-order valence-electron chi connectivity index (χ2n) is 4.92. The fourth-order valence-electron chi connectivity index (χ4n) is 2.30. The molecule has 0 fully saturated rings. The van der Waals surface area contributed by atoms with E-state index in [1.54, 1.807) is 28.8 Å². The third-order valence-corrected chi connectivity index (χ3v) is 5.87. The second kappa shape index (κ2) is 6.17. The molecule has 3 rings (SSSR count). The first-order valence-electron chi connectivity index (χ1n) is 7.06.